The van der Waals surface area contributed by atoms with Gasteiger partial charge in [0.05, 0.1) is 11.6 Å². The topological polar surface area (TPSA) is 70.9 Å². The average molecular weight is 426 g/mol. The molecule has 2 unspecified atom stereocenters. The standard InChI is InChI=1S/C20H15F5N2O3/c21-14-4-2-1-3-13(14)18(27-19(29)12-6-8-17(28)26-10-12)11-5-7-16(15(22)9-11)30-20(23,24)25/h1-7,9-10,17-18,28H,8H2,(H,27,29). The van der Waals surface area contributed by atoms with Gasteiger partial charge in [-0.15, -0.1) is 13.2 Å². The molecule has 0 spiro atoms. The van der Waals surface area contributed by atoms with Crippen LogP contribution in [0, 0.1) is 11.6 Å². The second kappa shape index (κ2) is 8.62. The Morgan fingerprint density at radius 2 is 1.90 bits per heavy atom. The summed E-state index contributed by atoms with van der Waals surface area (Å²) in [5.74, 6) is -3.78. The summed E-state index contributed by atoms with van der Waals surface area (Å²) in [6.45, 7) is 0. The molecule has 0 aliphatic carbocycles. The Bertz CT molecular complexity index is 1000. The average Bonchev–Trinajstić information content (AvgIpc) is 2.68. The van der Waals surface area contributed by atoms with Crippen molar-refractivity contribution < 1.29 is 36.6 Å². The number of hydrogen-bond donors (Lipinski definition) is 2. The van der Waals surface area contributed by atoms with Crippen LogP contribution in [-0.4, -0.2) is 29.8 Å². The zero-order valence-electron chi connectivity index (χ0n) is 15.2. The van der Waals surface area contributed by atoms with Gasteiger partial charge in [-0.1, -0.05) is 30.3 Å². The van der Waals surface area contributed by atoms with Crippen LogP contribution in [0.25, 0.3) is 0 Å². The van der Waals surface area contributed by atoms with Gasteiger partial charge in [-0.25, -0.2) is 8.78 Å². The molecule has 30 heavy (non-hydrogen) atoms. The van der Waals surface area contributed by atoms with Crippen LogP contribution in [0.2, 0.25) is 0 Å². The van der Waals surface area contributed by atoms with Crippen molar-refractivity contribution in [1.29, 1.82) is 0 Å². The van der Waals surface area contributed by atoms with Crippen molar-refractivity contribution in [3.05, 3.63) is 76.9 Å². The van der Waals surface area contributed by atoms with E-state index < -0.39 is 41.9 Å². The highest BCUT2D eigenvalue weighted by atomic mass is 19.4. The van der Waals surface area contributed by atoms with Gasteiger partial charge in [0.15, 0.2) is 11.6 Å². The molecule has 1 aliphatic heterocycles. The molecule has 158 valence electrons. The van der Waals surface area contributed by atoms with E-state index in [2.05, 4.69) is 15.0 Å². The van der Waals surface area contributed by atoms with Crippen LogP contribution in [0.15, 0.2) is 59.1 Å². The van der Waals surface area contributed by atoms with Crippen molar-refractivity contribution in [3.63, 3.8) is 0 Å². The number of hydrogen-bond acceptors (Lipinski definition) is 4. The number of aliphatic hydroxyl groups excluding tert-OH is 1. The summed E-state index contributed by atoms with van der Waals surface area (Å²) in [4.78, 5) is 16.3. The number of carbonyl (C=O) groups excluding carboxylic acids is 1. The molecule has 2 atom stereocenters. The zero-order chi connectivity index (χ0) is 21.9. The fraction of sp³-hybridized carbons (Fsp3) is 0.200. The lowest BCUT2D eigenvalue weighted by Crippen LogP contribution is -2.32. The fourth-order valence-electron chi connectivity index (χ4n) is 2.83. The van der Waals surface area contributed by atoms with E-state index in [0.717, 1.165) is 30.5 Å². The van der Waals surface area contributed by atoms with E-state index in [4.69, 9.17) is 0 Å². The Morgan fingerprint density at radius 1 is 1.17 bits per heavy atom. The molecule has 1 heterocycles. The maximum absolute atomic E-state index is 14.4. The van der Waals surface area contributed by atoms with Crippen LogP contribution >= 0.6 is 0 Å². The van der Waals surface area contributed by atoms with Crippen molar-refractivity contribution in [2.24, 2.45) is 4.99 Å². The molecule has 0 saturated heterocycles. The minimum Gasteiger partial charge on any atom is -0.403 e. The molecule has 2 aromatic rings. The van der Waals surface area contributed by atoms with Crippen LogP contribution in [0.1, 0.15) is 23.6 Å². The summed E-state index contributed by atoms with van der Waals surface area (Å²) in [6, 6.07) is 6.74. The number of halogens is 5. The second-order valence-corrected chi connectivity index (χ2v) is 6.32. The molecule has 10 heteroatoms. The van der Waals surface area contributed by atoms with Crippen LogP contribution in [0.4, 0.5) is 22.0 Å². The minimum absolute atomic E-state index is 0.00569. The van der Waals surface area contributed by atoms with Crippen LogP contribution < -0.4 is 10.1 Å². The molecular weight excluding hydrogens is 411 g/mol. The lowest BCUT2D eigenvalue weighted by molar-refractivity contribution is -0.275. The van der Waals surface area contributed by atoms with Crippen LogP contribution in [0.5, 0.6) is 5.75 Å². The predicted octanol–water partition coefficient (Wildman–Crippen LogP) is 3.79. The van der Waals surface area contributed by atoms with Crippen molar-refractivity contribution in [2.75, 3.05) is 0 Å². The zero-order valence-corrected chi connectivity index (χ0v) is 15.2. The van der Waals surface area contributed by atoms with Gasteiger partial charge in [-0.3, -0.25) is 9.79 Å². The second-order valence-electron chi connectivity index (χ2n) is 6.32. The van der Waals surface area contributed by atoms with Gasteiger partial charge in [0.1, 0.15) is 12.0 Å². The Labute approximate surface area is 167 Å². The SMILES string of the molecule is O=C(NC(c1ccc(OC(F)(F)F)c(F)c1)c1ccccc1F)C1=CCC(O)N=C1. The van der Waals surface area contributed by atoms with E-state index in [9.17, 15) is 31.9 Å². The third kappa shape index (κ3) is 5.20. The smallest absolute Gasteiger partial charge is 0.403 e. The third-order valence-corrected chi connectivity index (χ3v) is 4.20. The first-order valence-electron chi connectivity index (χ1n) is 8.66. The summed E-state index contributed by atoms with van der Waals surface area (Å²) in [5.41, 5.74) is 0.0658. The molecule has 2 aromatic carbocycles. The molecule has 0 fully saturated rings. The van der Waals surface area contributed by atoms with Gasteiger partial charge >= 0.3 is 6.36 Å². The minimum atomic E-state index is -5.08. The van der Waals surface area contributed by atoms with Gasteiger partial charge in [0.2, 0.25) is 0 Å². The number of aliphatic hydroxyl groups is 1. The first-order valence-corrected chi connectivity index (χ1v) is 8.66. The van der Waals surface area contributed by atoms with Gasteiger partial charge in [-0.2, -0.15) is 0 Å². The number of alkyl halides is 3. The fourth-order valence-corrected chi connectivity index (χ4v) is 2.83. The first-order chi connectivity index (χ1) is 14.1. The first kappa shape index (κ1) is 21.4. The van der Waals surface area contributed by atoms with E-state index in [-0.39, 0.29) is 23.1 Å². The third-order valence-electron chi connectivity index (χ3n) is 4.20. The maximum atomic E-state index is 14.4. The molecule has 2 N–H and O–H groups in total. The summed E-state index contributed by atoms with van der Waals surface area (Å²) in [6.07, 6.45) is -3.39. The number of aliphatic imine (C=N–C) groups is 1. The van der Waals surface area contributed by atoms with Gasteiger partial charge in [-0.05, 0) is 23.8 Å². The summed E-state index contributed by atoms with van der Waals surface area (Å²) < 4.78 is 69.3. The van der Waals surface area contributed by atoms with E-state index in [1.165, 1.54) is 24.3 Å². The number of carbonyl (C=O) groups is 1. The van der Waals surface area contributed by atoms with Crippen LogP contribution in [0.3, 0.4) is 0 Å². The summed E-state index contributed by atoms with van der Waals surface area (Å²) in [7, 11) is 0. The summed E-state index contributed by atoms with van der Waals surface area (Å²) in [5, 5.41) is 11.9. The van der Waals surface area contributed by atoms with E-state index >= 15 is 0 Å². The van der Waals surface area contributed by atoms with E-state index in [0.29, 0.717) is 0 Å². The molecule has 0 bridgehead atoms. The quantitative estimate of drug-likeness (QED) is 0.715. The van der Waals surface area contributed by atoms with Gasteiger partial charge in [0.25, 0.3) is 5.91 Å². The number of benzene rings is 2. The molecule has 0 aromatic heterocycles. The molecule has 0 radical (unpaired) electrons. The normalized spacial score (nSPS) is 17.3. The van der Waals surface area contributed by atoms with E-state index in [1.807, 2.05) is 0 Å². The number of ether oxygens (including phenoxy) is 1. The number of rotatable bonds is 5. The monoisotopic (exact) mass is 426 g/mol. The van der Waals surface area contributed by atoms with Crippen molar-refractivity contribution in [1.82, 2.24) is 5.32 Å². The highest BCUT2D eigenvalue weighted by molar-refractivity contribution is 6.12. The number of dihydropyridines is 1. The highest BCUT2D eigenvalue weighted by Crippen LogP contribution is 2.31. The molecule has 3 rings (SSSR count). The van der Waals surface area contributed by atoms with Crippen molar-refractivity contribution in [2.45, 2.75) is 25.1 Å². The molecular formula is C20H15F5N2O3. The summed E-state index contributed by atoms with van der Waals surface area (Å²) >= 11 is 0. The van der Waals surface area contributed by atoms with E-state index in [1.54, 1.807) is 0 Å². The molecule has 5 nitrogen and oxygen atoms in total. The largest absolute Gasteiger partial charge is 0.573 e. The molecule has 1 aliphatic rings. The Hall–Kier alpha value is -3.27. The van der Waals surface area contributed by atoms with Gasteiger partial charge < -0.3 is 15.2 Å². The lowest BCUT2D eigenvalue weighted by Gasteiger charge is -2.22. The highest BCUT2D eigenvalue weighted by Gasteiger charge is 2.33. The molecule has 0 saturated carbocycles. The lowest BCUT2D eigenvalue weighted by atomic mass is 9.97. The van der Waals surface area contributed by atoms with Crippen molar-refractivity contribution >= 4 is 12.1 Å². The van der Waals surface area contributed by atoms with Gasteiger partial charge in [0, 0.05) is 18.2 Å². The number of amides is 1. The number of nitrogens with zero attached hydrogens (tertiary/aromatic N) is 1. The van der Waals surface area contributed by atoms with Crippen LogP contribution in [-0.2, 0) is 4.79 Å². The Balaban J connectivity index is 1.95. The Kier molecular flexibility index (Phi) is 6.16. The molecule has 1 amide bonds. The predicted molar refractivity (Wildman–Crippen MR) is 96.7 cm³/mol. The number of nitrogens with one attached hydrogen (secondary N) is 1. The van der Waals surface area contributed by atoms with Crippen molar-refractivity contribution in [3.8, 4) is 5.75 Å². The Morgan fingerprint density at radius 3 is 2.50 bits per heavy atom. The maximum Gasteiger partial charge on any atom is 0.573 e.